The van der Waals surface area contributed by atoms with Crippen molar-refractivity contribution in [1.29, 1.82) is 0 Å². The van der Waals surface area contributed by atoms with E-state index in [0.29, 0.717) is 6.54 Å². The third-order valence-corrected chi connectivity index (χ3v) is 3.95. The van der Waals surface area contributed by atoms with Crippen molar-refractivity contribution < 1.29 is 14.7 Å². The zero-order valence-corrected chi connectivity index (χ0v) is 12.4. The zero-order chi connectivity index (χ0) is 14.8. The standard InChI is InChI=1S/C15H28N2O3/c16-9-7-5-3-1-2-4-6-8-10-17-12-13(15(19)20)11-14(17)18/h13H,1-12,16H2,(H,19,20). The van der Waals surface area contributed by atoms with Gasteiger partial charge in [-0.05, 0) is 19.4 Å². The van der Waals surface area contributed by atoms with E-state index in [1.165, 1.54) is 32.1 Å². The van der Waals surface area contributed by atoms with Gasteiger partial charge in [0.25, 0.3) is 0 Å². The van der Waals surface area contributed by atoms with Crippen LogP contribution in [-0.4, -0.2) is 41.5 Å². The highest BCUT2D eigenvalue weighted by Gasteiger charge is 2.33. The number of amides is 1. The van der Waals surface area contributed by atoms with Crippen molar-refractivity contribution in [2.75, 3.05) is 19.6 Å². The minimum Gasteiger partial charge on any atom is -0.481 e. The Labute approximate surface area is 121 Å². The summed E-state index contributed by atoms with van der Waals surface area (Å²) in [5.74, 6) is -1.34. The first-order valence-electron chi connectivity index (χ1n) is 7.85. The Morgan fingerprint density at radius 2 is 1.65 bits per heavy atom. The van der Waals surface area contributed by atoms with Gasteiger partial charge in [-0.15, -0.1) is 0 Å². The van der Waals surface area contributed by atoms with E-state index in [1.807, 2.05) is 0 Å². The summed E-state index contributed by atoms with van der Waals surface area (Å²) < 4.78 is 0. The van der Waals surface area contributed by atoms with Gasteiger partial charge in [-0.1, -0.05) is 38.5 Å². The van der Waals surface area contributed by atoms with Crippen molar-refractivity contribution in [3.05, 3.63) is 0 Å². The molecule has 1 amide bonds. The molecule has 0 aliphatic carbocycles. The topological polar surface area (TPSA) is 83.6 Å². The van der Waals surface area contributed by atoms with E-state index in [9.17, 15) is 9.59 Å². The maximum Gasteiger partial charge on any atom is 0.308 e. The Balaban J connectivity index is 1.96. The largest absolute Gasteiger partial charge is 0.481 e. The summed E-state index contributed by atoms with van der Waals surface area (Å²) in [4.78, 5) is 24.1. The van der Waals surface area contributed by atoms with Crippen molar-refractivity contribution in [1.82, 2.24) is 4.90 Å². The monoisotopic (exact) mass is 284 g/mol. The third kappa shape index (κ3) is 6.37. The lowest BCUT2D eigenvalue weighted by atomic mass is 10.1. The molecule has 0 spiro atoms. The summed E-state index contributed by atoms with van der Waals surface area (Å²) >= 11 is 0. The molecule has 0 aromatic carbocycles. The fourth-order valence-electron chi connectivity index (χ4n) is 2.66. The van der Waals surface area contributed by atoms with Gasteiger partial charge >= 0.3 is 5.97 Å². The molecule has 0 saturated carbocycles. The number of rotatable bonds is 11. The zero-order valence-electron chi connectivity index (χ0n) is 12.4. The highest BCUT2D eigenvalue weighted by atomic mass is 16.4. The molecular weight excluding hydrogens is 256 g/mol. The molecule has 0 aromatic heterocycles. The Morgan fingerprint density at radius 3 is 2.15 bits per heavy atom. The number of nitrogens with two attached hydrogens (primary N) is 1. The number of aliphatic carboxylic acids is 1. The van der Waals surface area contributed by atoms with E-state index in [4.69, 9.17) is 10.8 Å². The summed E-state index contributed by atoms with van der Waals surface area (Å²) in [7, 11) is 0. The van der Waals surface area contributed by atoms with Crippen molar-refractivity contribution >= 4 is 11.9 Å². The smallest absolute Gasteiger partial charge is 0.308 e. The van der Waals surface area contributed by atoms with Crippen LogP contribution in [-0.2, 0) is 9.59 Å². The summed E-state index contributed by atoms with van der Waals surface area (Å²) in [6.45, 7) is 1.91. The molecule has 1 fully saturated rings. The predicted molar refractivity (Wildman–Crippen MR) is 78.3 cm³/mol. The number of carbonyl (C=O) groups excluding carboxylic acids is 1. The highest BCUT2D eigenvalue weighted by molar-refractivity contribution is 5.86. The van der Waals surface area contributed by atoms with Crippen LogP contribution in [0.5, 0.6) is 0 Å². The molecule has 1 rings (SSSR count). The molecule has 0 aromatic rings. The summed E-state index contributed by atoms with van der Waals surface area (Å²) in [6.07, 6.45) is 9.63. The maximum absolute atomic E-state index is 11.6. The predicted octanol–water partition coefficient (Wildman–Crippen LogP) is 2.00. The van der Waals surface area contributed by atoms with Gasteiger partial charge in [0, 0.05) is 19.5 Å². The minimum absolute atomic E-state index is 0.000755. The molecule has 20 heavy (non-hydrogen) atoms. The number of hydrogen-bond donors (Lipinski definition) is 2. The number of unbranched alkanes of at least 4 members (excludes halogenated alkanes) is 7. The van der Waals surface area contributed by atoms with E-state index in [1.54, 1.807) is 4.90 Å². The normalized spacial score (nSPS) is 18.8. The van der Waals surface area contributed by atoms with E-state index in [2.05, 4.69) is 0 Å². The van der Waals surface area contributed by atoms with Crippen molar-refractivity contribution in [2.24, 2.45) is 11.7 Å². The number of hydrogen-bond acceptors (Lipinski definition) is 3. The van der Waals surface area contributed by atoms with Crippen LogP contribution in [0, 0.1) is 5.92 Å². The van der Waals surface area contributed by atoms with Gasteiger partial charge in [0.1, 0.15) is 0 Å². The fraction of sp³-hybridized carbons (Fsp3) is 0.867. The average molecular weight is 284 g/mol. The van der Waals surface area contributed by atoms with Crippen molar-refractivity contribution in [3.8, 4) is 0 Å². The fourth-order valence-corrected chi connectivity index (χ4v) is 2.66. The van der Waals surface area contributed by atoms with Gasteiger partial charge in [0.05, 0.1) is 5.92 Å². The first-order chi connectivity index (χ1) is 9.65. The van der Waals surface area contributed by atoms with Crippen molar-refractivity contribution in [3.63, 3.8) is 0 Å². The molecule has 5 nitrogen and oxygen atoms in total. The molecule has 5 heteroatoms. The number of carboxylic acid groups (broad SMARTS) is 1. The summed E-state index contributed by atoms with van der Waals surface area (Å²) in [6, 6.07) is 0. The Morgan fingerprint density at radius 1 is 1.10 bits per heavy atom. The molecule has 0 bridgehead atoms. The SMILES string of the molecule is NCCCCCCCCCCN1CC(C(=O)O)CC1=O. The van der Waals surface area contributed by atoms with Gasteiger partial charge in [-0.25, -0.2) is 0 Å². The van der Waals surface area contributed by atoms with Gasteiger partial charge in [-0.2, -0.15) is 0 Å². The van der Waals surface area contributed by atoms with E-state index in [0.717, 1.165) is 32.4 Å². The lowest BCUT2D eigenvalue weighted by Gasteiger charge is -2.15. The second kappa shape index (κ2) is 9.75. The number of nitrogens with zero attached hydrogens (tertiary/aromatic N) is 1. The van der Waals surface area contributed by atoms with Crippen LogP contribution < -0.4 is 5.73 Å². The molecule has 3 N–H and O–H groups in total. The van der Waals surface area contributed by atoms with E-state index >= 15 is 0 Å². The van der Waals surface area contributed by atoms with Gasteiger partial charge in [0.2, 0.25) is 5.91 Å². The third-order valence-electron chi connectivity index (χ3n) is 3.95. The molecule has 1 aliphatic rings. The van der Waals surface area contributed by atoms with Crippen LogP contribution in [0.15, 0.2) is 0 Å². The van der Waals surface area contributed by atoms with Crippen molar-refractivity contribution in [2.45, 2.75) is 57.8 Å². The van der Waals surface area contributed by atoms with Crippen LogP contribution in [0.4, 0.5) is 0 Å². The Bertz CT molecular complexity index is 307. The minimum atomic E-state index is -0.849. The van der Waals surface area contributed by atoms with Gasteiger partial charge in [-0.3, -0.25) is 9.59 Å². The molecule has 1 aliphatic heterocycles. The Kier molecular flexibility index (Phi) is 8.26. The van der Waals surface area contributed by atoms with Gasteiger partial charge in [0.15, 0.2) is 0 Å². The first kappa shape index (κ1) is 17.0. The second-order valence-electron chi connectivity index (χ2n) is 5.70. The van der Waals surface area contributed by atoms with Crippen LogP contribution in [0.1, 0.15) is 57.8 Å². The van der Waals surface area contributed by atoms with Crippen LogP contribution in [0.25, 0.3) is 0 Å². The Hall–Kier alpha value is -1.10. The quantitative estimate of drug-likeness (QED) is 0.568. The lowest BCUT2D eigenvalue weighted by molar-refractivity contribution is -0.141. The summed E-state index contributed by atoms with van der Waals surface area (Å²) in [5.41, 5.74) is 5.44. The lowest BCUT2D eigenvalue weighted by Crippen LogP contribution is -2.27. The number of carboxylic acids is 1. The first-order valence-corrected chi connectivity index (χ1v) is 7.85. The molecular formula is C15H28N2O3. The molecule has 1 atom stereocenters. The van der Waals surface area contributed by atoms with E-state index in [-0.39, 0.29) is 12.3 Å². The molecule has 1 heterocycles. The molecule has 1 unspecified atom stereocenters. The number of carbonyl (C=O) groups is 2. The van der Waals surface area contributed by atoms with Crippen LogP contribution in [0.2, 0.25) is 0 Å². The summed E-state index contributed by atoms with van der Waals surface area (Å²) in [5, 5.41) is 8.89. The molecule has 116 valence electrons. The molecule has 0 radical (unpaired) electrons. The van der Waals surface area contributed by atoms with Crippen LogP contribution in [0.3, 0.4) is 0 Å². The molecule has 1 saturated heterocycles. The van der Waals surface area contributed by atoms with Crippen LogP contribution >= 0.6 is 0 Å². The average Bonchev–Trinajstić information content (AvgIpc) is 2.79. The van der Waals surface area contributed by atoms with Gasteiger partial charge < -0.3 is 15.7 Å². The number of likely N-dealkylation sites (tertiary alicyclic amines) is 1. The van der Waals surface area contributed by atoms with E-state index < -0.39 is 11.9 Å². The highest BCUT2D eigenvalue weighted by Crippen LogP contribution is 2.18. The maximum atomic E-state index is 11.6. The second-order valence-corrected chi connectivity index (χ2v) is 5.70.